The molecule has 0 atom stereocenters. The number of fused-ring (bicyclic) bond motifs is 1. The summed E-state index contributed by atoms with van der Waals surface area (Å²) in [6, 6.07) is 6.43. The van der Waals surface area contributed by atoms with Crippen molar-refractivity contribution in [3.63, 3.8) is 0 Å². The fourth-order valence-corrected chi connectivity index (χ4v) is 3.74. The van der Waals surface area contributed by atoms with Crippen LogP contribution < -0.4 is 11.1 Å². The zero-order valence-corrected chi connectivity index (χ0v) is 15.2. The van der Waals surface area contributed by atoms with Gasteiger partial charge in [0, 0.05) is 38.0 Å². The van der Waals surface area contributed by atoms with Gasteiger partial charge in [0.2, 0.25) is 5.91 Å². The number of hydrogen-bond acceptors (Lipinski definition) is 5. The van der Waals surface area contributed by atoms with Crippen molar-refractivity contribution in [2.45, 2.75) is 39.0 Å². The Morgan fingerprint density at radius 2 is 1.85 bits per heavy atom. The van der Waals surface area contributed by atoms with Gasteiger partial charge in [0.15, 0.2) is 0 Å². The Balaban J connectivity index is 1.50. The van der Waals surface area contributed by atoms with Gasteiger partial charge in [-0.25, -0.2) is 4.98 Å². The smallest absolute Gasteiger partial charge is 0.253 e. The maximum absolute atomic E-state index is 12.6. The number of rotatable bonds is 4. The van der Waals surface area contributed by atoms with Crippen LogP contribution in [-0.4, -0.2) is 49.5 Å². The molecule has 2 aromatic rings. The average molecular weight is 369 g/mol. The van der Waals surface area contributed by atoms with Gasteiger partial charge in [-0.3, -0.25) is 23.9 Å². The van der Waals surface area contributed by atoms with Crippen molar-refractivity contribution in [2.24, 2.45) is 0 Å². The van der Waals surface area contributed by atoms with Crippen molar-refractivity contribution in [1.82, 2.24) is 23.9 Å². The second kappa shape index (κ2) is 7.48. The summed E-state index contributed by atoms with van der Waals surface area (Å²) in [6.45, 7) is 3.92. The van der Waals surface area contributed by atoms with Gasteiger partial charge in [0.05, 0.1) is 12.2 Å². The molecule has 2 aliphatic heterocycles. The highest BCUT2D eigenvalue weighted by Gasteiger charge is 2.24. The highest BCUT2D eigenvalue weighted by molar-refractivity contribution is 5.76. The van der Waals surface area contributed by atoms with E-state index in [0.717, 1.165) is 18.8 Å². The molecular weight excluding hydrogens is 346 g/mol. The molecule has 4 heterocycles. The fraction of sp³-hybridized carbons (Fsp3) is 0.474. The minimum atomic E-state index is -0.203. The van der Waals surface area contributed by atoms with E-state index in [-0.39, 0.29) is 23.6 Å². The lowest BCUT2D eigenvalue weighted by Gasteiger charge is -2.29. The Morgan fingerprint density at radius 3 is 2.63 bits per heavy atom. The van der Waals surface area contributed by atoms with E-state index in [1.54, 1.807) is 33.9 Å². The van der Waals surface area contributed by atoms with E-state index in [4.69, 9.17) is 0 Å². The Bertz CT molecular complexity index is 958. The molecule has 4 rings (SSSR count). The van der Waals surface area contributed by atoms with Crippen molar-refractivity contribution in [2.75, 3.05) is 19.6 Å². The molecule has 0 bridgehead atoms. The van der Waals surface area contributed by atoms with Crippen LogP contribution in [0.1, 0.15) is 24.4 Å². The maximum Gasteiger partial charge on any atom is 0.253 e. The fourth-order valence-electron chi connectivity index (χ4n) is 3.74. The molecule has 0 unspecified atom stereocenters. The minimum Gasteiger partial charge on any atom is -0.332 e. The van der Waals surface area contributed by atoms with Crippen LogP contribution in [0.3, 0.4) is 0 Å². The van der Waals surface area contributed by atoms with E-state index in [0.29, 0.717) is 32.0 Å². The first-order valence-electron chi connectivity index (χ1n) is 9.35. The van der Waals surface area contributed by atoms with Crippen LogP contribution in [-0.2, 0) is 31.0 Å². The predicted octanol–water partition coefficient (Wildman–Crippen LogP) is 0.0432. The van der Waals surface area contributed by atoms with Crippen LogP contribution in [0, 0.1) is 0 Å². The highest BCUT2D eigenvalue weighted by Crippen LogP contribution is 2.13. The molecule has 142 valence electrons. The number of hydrogen-bond donors (Lipinski definition) is 0. The Kier molecular flexibility index (Phi) is 4.89. The van der Waals surface area contributed by atoms with Crippen molar-refractivity contribution >= 4 is 5.91 Å². The van der Waals surface area contributed by atoms with Gasteiger partial charge in [0.25, 0.3) is 11.1 Å². The molecule has 2 aliphatic rings. The van der Waals surface area contributed by atoms with Gasteiger partial charge < -0.3 is 9.47 Å². The summed E-state index contributed by atoms with van der Waals surface area (Å²) in [5, 5.41) is 0. The standard InChI is InChI=1S/C19H23N5O3/c25-17-5-1-2-8-22(17)14-19(27)23-9-10-24-16(13-23)20-15(11-18(24)26)12-21-6-3-4-7-21/h1-2,5,8,11H,3-4,6-7,9-10,12-14H2. The Labute approximate surface area is 156 Å². The molecule has 0 aromatic carbocycles. The van der Waals surface area contributed by atoms with Crippen LogP contribution in [0.15, 0.2) is 40.1 Å². The normalized spacial score (nSPS) is 17.1. The summed E-state index contributed by atoms with van der Waals surface area (Å²) in [6.07, 6.45) is 3.98. The molecule has 1 fully saturated rings. The molecule has 1 amide bonds. The lowest BCUT2D eigenvalue weighted by atomic mass is 10.3. The molecular formula is C19H23N5O3. The van der Waals surface area contributed by atoms with Crippen LogP contribution >= 0.6 is 0 Å². The maximum atomic E-state index is 12.6. The number of nitrogens with zero attached hydrogens (tertiary/aromatic N) is 5. The van der Waals surface area contributed by atoms with Gasteiger partial charge in [-0.2, -0.15) is 0 Å². The average Bonchev–Trinajstić information content (AvgIpc) is 3.16. The third kappa shape index (κ3) is 3.85. The van der Waals surface area contributed by atoms with E-state index in [1.807, 2.05) is 0 Å². The summed E-state index contributed by atoms with van der Waals surface area (Å²) in [5.41, 5.74) is 0.507. The quantitative estimate of drug-likeness (QED) is 0.760. The molecule has 0 radical (unpaired) electrons. The molecule has 2 aromatic heterocycles. The van der Waals surface area contributed by atoms with E-state index >= 15 is 0 Å². The largest absolute Gasteiger partial charge is 0.332 e. The zero-order valence-electron chi connectivity index (χ0n) is 15.2. The molecule has 0 N–H and O–H groups in total. The summed E-state index contributed by atoms with van der Waals surface area (Å²) in [4.78, 5) is 45.5. The third-order valence-electron chi connectivity index (χ3n) is 5.21. The Morgan fingerprint density at radius 1 is 1.04 bits per heavy atom. The minimum absolute atomic E-state index is 0.00261. The van der Waals surface area contributed by atoms with Crippen LogP contribution in [0.25, 0.3) is 0 Å². The van der Waals surface area contributed by atoms with Crippen molar-refractivity contribution < 1.29 is 4.79 Å². The number of carbonyl (C=O) groups is 1. The Hall–Kier alpha value is -2.74. The summed E-state index contributed by atoms with van der Waals surface area (Å²) in [5.74, 6) is 0.477. The van der Waals surface area contributed by atoms with Crippen LogP contribution in [0.2, 0.25) is 0 Å². The van der Waals surface area contributed by atoms with E-state index in [2.05, 4.69) is 9.88 Å². The van der Waals surface area contributed by atoms with Gasteiger partial charge in [-0.15, -0.1) is 0 Å². The number of amides is 1. The summed E-state index contributed by atoms with van der Waals surface area (Å²) >= 11 is 0. The van der Waals surface area contributed by atoms with Crippen molar-refractivity contribution in [3.8, 4) is 0 Å². The lowest BCUT2D eigenvalue weighted by Crippen LogP contribution is -2.45. The molecule has 0 spiro atoms. The monoisotopic (exact) mass is 369 g/mol. The molecule has 1 saturated heterocycles. The highest BCUT2D eigenvalue weighted by atomic mass is 16.2. The van der Waals surface area contributed by atoms with Gasteiger partial charge in [-0.05, 0) is 32.0 Å². The number of aromatic nitrogens is 3. The first-order chi connectivity index (χ1) is 13.1. The molecule has 8 nitrogen and oxygen atoms in total. The van der Waals surface area contributed by atoms with Gasteiger partial charge >= 0.3 is 0 Å². The second-order valence-corrected chi connectivity index (χ2v) is 7.12. The van der Waals surface area contributed by atoms with E-state index < -0.39 is 0 Å². The lowest BCUT2D eigenvalue weighted by molar-refractivity contribution is -0.133. The molecule has 27 heavy (non-hydrogen) atoms. The first-order valence-corrected chi connectivity index (χ1v) is 9.35. The van der Waals surface area contributed by atoms with Crippen molar-refractivity contribution in [1.29, 1.82) is 0 Å². The van der Waals surface area contributed by atoms with Crippen LogP contribution in [0.4, 0.5) is 0 Å². The molecule has 0 aliphatic carbocycles. The van der Waals surface area contributed by atoms with Gasteiger partial charge in [0.1, 0.15) is 12.4 Å². The molecule has 8 heteroatoms. The number of pyridine rings is 1. The van der Waals surface area contributed by atoms with E-state index in [1.165, 1.54) is 23.5 Å². The summed E-state index contributed by atoms with van der Waals surface area (Å²) < 4.78 is 3.03. The first kappa shape index (κ1) is 17.7. The predicted molar refractivity (Wildman–Crippen MR) is 99.1 cm³/mol. The topological polar surface area (TPSA) is 80.4 Å². The summed E-state index contributed by atoms with van der Waals surface area (Å²) in [7, 11) is 0. The molecule has 0 saturated carbocycles. The number of carbonyl (C=O) groups excluding carboxylic acids is 1. The van der Waals surface area contributed by atoms with Crippen LogP contribution in [0.5, 0.6) is 0 Å². The number of likely N-dealkylation sites (tertiary alicyclic amines) is 1. The zero-order chi connectivity index (χ0) is 18.8. The van der Waals surface area contributed by atoms with Crippen molar-refractivity contribution in [3.05, 3.63) is 62.7 Å². The SMILES string of the molecule is O=C(Cn1ccccc1=O)N1CCn2c(nc(CN3CCCC3)cc2=O)C1. The van der Waals surface area contributed by atoms with Gasteiger partial charge in [-0.1, -0.05) is 6.07 Å². The second-order valence-electron chi connectivity index (χ2n) is 7.12. The van der Waals surface area contributed by atoms with E-state index in [9.17, 15) is 14.4 Å². The third-order valence-corrected chi connectivity index (χ3v) is 5.21.